The summed E-state index contributed by atoms with van der Waals surface area (Å²) in [5.74, 6) is 1.17. The second-order valence-corrected chi connectivity index (χ2v) is 5.48. The van der Waals surface area contributed by atoms with Gasteiger partial charge in [0.1, 0.15) is 0 Å². The van der Waals surface area contributed by atoms with E-state index in [0.29, 0.717) is 6.04 Å². The zero-order valence-corrected chi connectivity index (χ0v) is 10.8. The highest BCUT2D eigenvalue weighted by molar-refractivity contribution is 7.98. The van der Waals surface area contributed by atoms with Crippen LogP contribution in [0.4, 0.5) is 0 Å². The molecule has 1 N–H and O–H groups in total. The van der Waals surface area contributed by atoms with Gasteiger partial charge < -0.3 is 5.32 Å². The van der Waals surface area contributed by atoms with Crippen LogP contribution in [-0.4, -0.2) is 18.1 Å². The molecule has 1 nitrogen and oxygen atoms in total. The number of rotatable bonds is 5. The third-order valence-corrected chi connectivity index (χ3v) is 3.99. The molecule has 88 valence electrons. The molecule has 1 aliphatic carbocycles. The maximum atomic E-state index is 3.81. The molecule has 0 bridgehead atoms. The van der Waals surface area contributed by atoms with E-state index in [1.807, 2.05) is 11.8 Å². The molecule has 16 heavy (non-hydrogen) atoms. The van der Waals surface area contributed by atoms with Crippen molar-refractivity contribution >= 4 is 11.8 Å². The molecule has 0 spiro atoms. The third kappa shape index (κ3) is 3.26. The van der Waals surface area contributed by atoms with Crippen molar-refractivity contribution in [2.24, 2.45) is 0 Å². The number of hydrogen-bond acceptors (Lipinski definition) is 2. The Hall–Kier alpha value is -0.470. The van der Waals surface area contributed by atoms with Crippen LogP contribution in [0.3, 0.4) is 0 Å². The van der Waals surface area contributed by atoms with Gasteiger partial charge in [0.2, 0.25) is 0 Å². The summed E-state index contributed by atoms with van der Waals surface area (Å²) in [6, 6.07) is 12.1. The second-order valence-electron chi connectivity index (χ2n) is 4.57. The Bertz CT molecular complexity index is 293. The summed E-state index contributed by atoms with van der Waals surface area (Å²) >= 11 is 1.93. The van der Waals surface area contributed by atoms with Crippen molar-refractivity contribution < 1.29 is 0 Å². The van der Waals surface area contributed by atoms with E-state index in [1.165, 1.54) is 37.0 Å². The Morgan fingerprint density at radius 1 is 1.25 bits per heavy atom. The minimum absolute atomic E-state index is 0.527. The van der Waals surface area contributed by atoms with Crippen molar-refractivity contribution in [1.82, 2.24) is 5.32 Å². The molecule has 0 saturated heterocycles. The van der Waals surface area contributed by atoms with Crippen LogP contribution in [0.5, 0.6) is 0 Å². The van der Waals surface area contributed by atoms with E-state index in [0.717, 1.165) is 6.04 Å². The number of benzene rings is 1. The average Bonchev–Trinajstić information content (AvgIpc) is 2.83. The summed E-state index contributed by atoms with van der Waals surface area (Å²) in [6.07, 6.45) is 7.71. The summed E-state index contributed by atoms with van der Waals surface area (Å²) in [4.78, 5) is 0. The summed E-state index contributed by atoms with van der Waals surface area (Å²) in [5, 5.41) is 3.81. The molecule has 1 saturated carbocycles. The van der Waals surface area contributed by atoms with E-state index >= 15 is 0 Å². The van der Waals surface area contributed by atoms with Crippen molar-refractivity contribution in [3.63, 3.8) is 0 Å². The van der Waals surface area contributed by atoms with Crippen molar-refractivity contribution in [3.8, 4) is 0 Å². The molecule has 0 heterocycles. The smallest absolute Gasteiger partial charge is 0.0413 e. The van der Waals surface area contributed by atoms with Gasteiger partial charge >= 0.3 is 0 Å². The van der Waals surface area contributed by atoms with Crippen LogP contribution in [0.25, 0.3) is 0 Å². The molecule has 1 unspecified atom stereocenters. The fourth-order valence-corrected chi connectivity index (χ4v) is 3.09. The summed E-state index contributed by atoms with van der Waals surface area (Å²) in [7, 11) is 0. The Balaban J connectivity index is 1.99. The van der Waals surface area contributed by atoms with Gasteiger partial charge in [-0.1, -0.05) is 43.2 Å². The van der Waals surface area contributed by atoms with Gasteiger partial charge in [-0.15, -0.1) is 0 Å². The average molecular weight is 235 g/mol. The van der Waals surface area contributed by atoms with Crippen LogP contribution in [0, 0.1) is 0 Å². The lowest BCUT2D eigenvalue weighted by molar-refractivity contribution is 0.466. The normalized spacial score (nSPS) is 18.8. The van der Waals surface area contributed by atoms with Crippen molar-refractivity contribution in [1.29, 1.82) is 0 Å². The molecule has 0 aliphatic heterocycles. The predicted molar refractivity (Wildman–Crippen MR) is 73.0 cm³/mol. The molecule has 0 aromatic heterocycles. The minimum Gasteiger partial charge on any atom is -0.306 e. The molecule has 1 aliphatic rings. The largest absolute Gasteiger partial charge is 0.306 e. The van der Waals surface area contributed by atoms with Gasteiger partial charge in [-0.2, -0.15) is 11.8 Å². The molecule has 1 aromatic rings. The van der Waals surface area contributed by atoms with Crippen molar-refractivity contribution in [3.05, 3.63) is 35.9 Å². The topological polar surface area (TPSA) is 12.0 Å². The summed E-state index contributed by atoms with van der Waals surface area (Å²) in [6.45, 7) is 0. The monoisotopic (exact) mass is 235 g/mol. The molecule has 2 rings (SSSR count). The first-order chi connectivity index (χ1) is 7.90. The van der Waals surface area contributed by atoms with Crippen LogP contribution >= 0.6 is 11.8 Å². The number of hydrogen-bond donors (Lipinski definition) is 1. The van der Waals surface area contributed by atoms with Crippen LogP contribution in [-0.2, 0) is 0 Å². The Morgan fingerprint density at radius 3 is 2.56 bits per heavy atom. The minimum atomic E-state index is 0.527. The second kappa shape index (κ2) is 6.31. The molecular formula is C14H21NS. The summed E-state index contributed by atoms with van der Waals surface area (Å²) in [5.41, 5.74) is 1.43. The third-order valence-electron chi connectivity index (χ3n) is 3.33. The fourth-order valence-electron chi connectivity index (χ4n) is 2.47. The molecule has 0 radical (unpaired) electrons. The Morgan fingerprint density at radius 2 is 1.94 bits per heavy atom. The van der Waals surface area contributed by atoms with Gasteiger partial charge in [0.05, 0.1) is 0 Å². The molecular weight excluding hydrogens is 214 g/mol. The Kier molecular flexibility index (Phi) is 4.73. The van der Waals surface area contributed by atoms with Gasteiger partial charge in [0.25, 0.3) is 0 Å². The fraction of sp³-hybridized carbons (Fsp3) is 0.571. The predicted octanol–water partition coefficient (Wildman–Crippen LogP) is 3.62. The maximum Gasteiger partial charge on any atom is 0.0413 e. The van der Waals surface area contributed by atoms with Crippen LogP contribution in [0.2, 0.25) is 0 Å². The number of thioether (sulfide) groups is 1. The van der Waals surface area contributed by atoms with E-state index in [4.69, 9.17) is 0 Å². The first-order valence-corrected chi connectivity index (χ1v) is 7.59. The van der Waals surface area contributed by atoms with Crippen molar-refractivity contribution in [2.45, 2.75) is 37.8 Å². The molecule has 1 aromatic carbocycles. The van der Waals surface area contributed by atoms with E-state index in [2.05, 4.69) is 41.9 Å². The number of nitrogens with one attached hydrogen (secondary N) is 1. The standard InChI is InChI=1S/C14H21NS/c1-16-11-14(12-7-3-2-4-8-12)15-13-9-5-6-10-13/h2-4,7-8,13-15H,5-6,9-11H2,1H3. The van der Waals surface area contributed by atoms with Crippen molar-refractivity contribution in [2.75, 3.05) is 12.0 Å². The lowest BCUT2D eigenvalue weighted by Crippen LogP contribution is -2.32. The van der Waals surface area contributed by atoms with E-state index in [9.17, 15) is 0 Å². The van der Waals surface area contributed by atoms with Crippen LogP contribution in [0.15, 0.2) is 30.3 Å². The first kappa shape index (κ1) is 12.0. The SMILES string of the molecule is CSCC(NC1CCCC1)c1ccccc1. The van der Waals surface area contributed by atoms with E-state index in [1.54, 1.807) is 0 Å². The first-order valence-electron chi connectivity index (χ1n) is 6.20. The Labute approximate surface area is 103 Å². The lowest BCUT2D eigenvalue weighted by atomic mass is 10.1. The lowest BCUT2D eigenvalue weighted by Gasteiger charge is -2.22. The highest BCUT2D eigenvalue weighted by Gasteiger charge is 2.19. The summed E-state index contributed by atoms with van der Waals surface area (Å²) < 4.78 is 0. The maximum absolute atomic E-state index is 3.81. The van der Waals surface area contributed by atoms with Crippen LogP contribution in [0.1, 0.15) is 37.3 Å². The molecule has 1 atom stereocenters. The highest BCUT2D eigenvalue weighted by Crippen LogP contribution is 2.23. The van der Waals surface area contributed by atoms with Gasteiger partial charge in [-0.05, 0) is 24.7 Å². The van der Waals surface area contributed by atoms with E-state index in [-0.39, 0.29) is 0 Å². The van der Waals surface area contributed by atoms with Gasteiger partial charge in [-0.3, -0.25) is 0 Å². The molecule has 1 fully saturated rings. The van der Waals surface area contributed by atoms with Crippen LogP contribution < -0.4 is 5.32 Å². The highest BCUT2D eigenvalue weighted by atomic mass is 32.2. The van der Waals surface area contributed by atoms with Gasteiger partial charge in [0.15, 0.2) is 0 Å². The van der Waals surface area contributed by atoms with Gasteiger partial charge in [-0.25, -0.2) is 0 Å². The quantitative estimate of drug-likeness (QED) is 0.836. The zero-order chi connectivity index (χ0) is 11.2. The zero-order valence-electron chi connectivity index (χ0n) is 9.99. The molecule has 0 amide bonds. The molecule has 2 heteroatoms. The van der Waals surface area contributed by atoms with E-state index < -0.39 is 0 Å². The van der Waals surface area contributed by atoms with Gasteiger partial charge in [0, 0.05) is 17.8 Å².